The van der Waals surface area contributed by atoms with Gasteiger partial charge in [-0.25, -0.2) is 0 Å². The number of likely N-dealkylation sites (N-methyl/N-ethyl adjacent to an activating group) is 1. The molecule has 2 fully saturated rings. The summed E-state index contributed by atoms with van der Waals surface area (Å²) in [6, 6.07) is 0. The van der Waals surface area contributed by atoms with Crippen molar-refractivity contribution in [2.45, 2.75) is 39.5 Å². The van der Waals surface area contributed by atoms with Crippen molar-refractivity contribution in [3.05, 3.63) is 0 Å². The number of fused-ring (bicyclic) bond motifs is 2. The van der Waals surface area contributed by atoms with E-state index in [4.69, 9.17) is 4.74 Å². The van der Waals surface area contributed by atoms with Crippen molar-refractivity contribution in [3.8, 4) is 0 Å². The molecule has 0 aromatic carbocycles. The Morgan fingerprint density at radius 3 is 2.50 bits per heavy atom. The molecule has 18 heavy (non-hydrogen) atoms. The van der Waals surface area contributed by atoms with Gasteiger partial charge in [0.05, 0.1) is 6.61 Å². The summed E-state index contributed by atoms with van der Waals surface area (Å²) < 4.78 is 4.92. The van der Waals surface area contributed by atoms with Crippen molar-refractivity contribution in [1.82, 2.24) is 4.90 Å². The maximum absolute atomic E-state index is 12.4. The number of hydrogen-bond acceptors (Lipinski definition) is 3. The summed E-state index contributed by atoms with van der Waals surface area (Å²) in [4.78, 5) is 25.6. The molecular formula is C14H23NO3. The van der Waals surface area contributed by atoms with Crippen molar-refractivity contribution < 1.29 is 14.3 Å². The number of carbonyl (C=O) groups is 2. The van der Waals surface area contributed by atoms with E-state index in [1.807, 2.05) is 6.92 Å². The van der Waals surface area contributed by atoms with E-state index in [-0.39, 0.29) is 24.3 Å². The lowest BCUT2D eigenvalue weighted by atomic mass is 9.88. The summed E-state index contributed by atoms with van der Waals surface area (Å²) in [6.07, 6.45) is 4.73. The Labute approximate surface area is 109 Å². The number of carbonyl (C=O) groups excluding carboxylic acids is 2. The summed E-state index contributed by atoms with van der Waals surface area (Å²) >= 11 is 0. The minimum atomic E-state index is -0.296. The van der Waals surface area contributed by atoms with E-state index in [0.717, 1.165) is 12.3 Å². The van der Waals surface area contributed by atoms with Gasteiger partial charge >= 0.3 is 5.97 Å². The van der Waals surface area contributed by atoms with Crippen LogP contribution >= 0.6 is 0 Å². The van der Waals surface area contributed by atoms with Crippen molar-refractivity contribution in [3.63, 3.8) is 0 Å². The van der Waals surface area contributed by atoms with E-state index in [1.54, 1.807) is 11.8 Å². The smallest absolute Gasteiger partial charge is 0.325 e. The molecule has 0 spiro atoms. The molecular weight excluding hydrogens is 230 g/mol. The van der Waals surface area contributed by atoms with Gasteiger partial charge in [0.15, 0.2) is 0 Å². The molecule has 2 rings (SSSR count). The van der Waals surface area contributed by atoms with Gasteiger partial charge in [-0.2, -0.15) is 0 Å². The second-order valence-electron chi connectivity index (χ2n) is 5.44. The SMILES string of the molecule is CCOC(=O)CN(CC)C(=O)C1CC2CCC1C2. The zero-order valence-electron chi connectivity index (χ0n) is 11.4. The molecule has 0 heterocycles. The molecule has 3 unspecified atom stereocenters. The van der Waals surface area contributed by atoms with Gasteiger partial charge in [-0.15, -0.1) is 0 Å². The van der Waals surface area contributed by atoms with Gasteiger partial charge in [0.25, 0.3) is 0 Å². The van der Waals surface area contributed by atoms with Gasteiger partial charge in [-0.05, 0) is 44.9 Å². The highest BCUT2D eigenvalue weighted by atomic mass is 16.5. The van der Waals surface area contributed by atoms with Crippen LogP contribution in [0.5, 0.6) is 0 Å². The quantitative estimate of drug-likeness (QED) is 0.702. The van der Waals surface area contributed by atoms with Crippen molar-refractivity contribution >= 4 is 11.9 Å². The second kappa shape index (κ2) is 5.72. The predicted molar refractivity (Wildman–Crippen MR) is 67.8 cm³/mol. The summed E-state index contributed by atoms with van der Waals surface area (Å²) in [7, 11) is 0. The Morgan fingerprint density at radius 2 is 2.00 bits per heavy atom. The van der Waals surface area contributed by atoms with Gasteiger partial charge in [-0.3, -0.25) is 9.59 Å². The van der Waals surface area contributed by atoms with Crippen molar-refractivity contribution in [2.24, 2.45) is 17.8 Å². The highest BCUT2D eigenvalue weighted by molar-refractivity contribution is 5.84. The van der Waals surface area contributed by atoms with Crippen LogP contribution in [0.2, 0.25) is 0 Å². The number of esters is 1. The summed E-state index contributed by atoms with van der Waals surface area (Å²) in [5.41, 5.74) is 0. The topological polar surface area (TPSA) is 46.6 Å². The van der Waals surface area contributed by atoms with Crippen LogP contribution in [-0.2, 0) is 14.3 Å². The summed E-state index contributed by atoms with van der Waals surface area (Å²) in [6.45, 7) is 4.78. The van der Waals surface area contributed by atoms with Gasteiger partial charge in [0.2, 0.25) is 5.91 Å². The predicted octanol–water partition coefficient (Wildman–Crippen LogP) is 1.83. The van der Waals surface area contributed by atoms with Crippen molar-refractivity contribution in [2.75, 3.05) is 19.7 Å². The molecule has 0 saturated heterocycles. The minimum Gasteiger partial charge on any atom is -0.465 e. The fourth-order valence-corrected chi connectivity index (χ4v) is 3.49. The van der Waals surface area contributed by atoms with E-state index in [2.05, 4.69) is 0 Å². The fourth-order valence-electron chi connectivity index (χ4n) is 3.49. The molecule has 0 radical (unpaired) electrons. The molecule has 2 saturated carbocycles. The lowest BCUT2D eigenvalue weighted by molar-refractivity contribution is -0.150. The van der Waals surface area contributed by atoms with Gasteiger partial charge in [-0.1, -0.05) is 6.42 Å². The van der Waals surface area contributed by atoms with E-state index in [0.29, 0.717) is 19.1 Å². The molecule has 4 nitrogen and oxygen atoms in total. The number of nitrogens with zero attached hydrogens (tertiary/aromatic N) is 1. The molecule has 1 amide bonds. The molecule has 0 aromatic heterocycles. The molecule has 102 valence electrons. The number of ether oxygens (including phenoxy) is 1. The molecule has 2 aliphatic rings. The normalized spacial score (nSPS) is 29.3. The Hall–Kier alpha value is -1.06. The fraction of sp³-hybridized carbons (Fsp3) is 0.857. The van der Waals surface area contributed by atoms with Crippen LogP contribution in [0.1, 0.15) is 39.5 Å². The van der Waals surface area contributed by atoms with Crippen LogP contribution in [0.3, 0.4) is 0 Å². The molecule has 2 bridgehead atoms. The van der Waals surface area contributed by atoms with E-state index in [9.17, 15) is 9.59 Å². The first-order valence-electron chi connectivity index (χ1n) is 7.10. The highest BCUT2D eigenvalue weighted by Crippen LogP contribution is 2.48. The van der Waals surface area contributed by atoms with E-state index in [1.165, 1.54) is 19.3 Å². The first kappa shape index (κ1) is 13.4. The second-order valence-corrected chi connectivity index (χ2v) is 5.44. The first-order valence-corrected chi connectivity index (χ1v) is 7.10. The van der Waals surface area contributed by atoms with Gasteiger partial charge in [0, 0.05) is 12.5 Å². The van der Waals surface area contributed by atoms with Crippen molar-refractivity contribution in [1.29, 1.82) is 0 Å². The standard InChI is InChI=1S/C14H23NO3/c1-3-15(9-13(16)18-4-2)14(17)12-8-10-5-6-11(12)7-10/h10-12H,3-9H2,1-2H3. The van der Waals surface area contributed by atoms with Gasteiger partial charge in [0.1, 0.15) is 6.54 Å². The molecule has 3 atom stereocenters. The molecule has 2 aliphatic carbocycles. The van der Waals surface area contributed by atoms with Crippen LogP contribution in [0.25, 0.3) is 0 Å². The molecule has 0 N–H and O–H groups in total. The molecule has 0 aliphatic heterocycles. The largest absolute Gasteiger partial charge is 0.465 e. The zero-order chi connectivity index (χ0) is 13.1. The Bertz CT molecular complexity index is 329. The third kappa shape index (κ3) is 2.68. The van der Waals surface area contributed by atoms with Gasteiger partial charge < -0.3 is 9.64 Å². The molecule has 4 heteroatoms. The first-order chi connectivity index (χ1) is 8.65. The Kier molecular flexibility index (Phi) is 4.25. The van der Waals surface area contributed by atoms with Crippen LogP contribution in [0, 0.1) is 17.8 Å². The van der Waals surface area contributed by atoms with Crippen LogP contribution in [0.4, 0.5) is 0 Å². The molecule has 0 aromatic rings. The Balaban J connectivity index is 1.91. The van der Waals surface area contributed by atoms with Crippen LogP contribution in [0.15, 0.2) is 0 Å². The maximum Gasteiger partial charge on any atom is 0.325 e. The average molecular weight is 253 g/mol. The zero-order valence-corrected chi connectivity index (χ0v) is 11.4. The van der Waals surface area contributed by atoms with E-state index >= 15 is 0 Å². The summed E-state index contributed by atoms with van der Waals surface area (Å²) in [5.74, 6) is 1.36. The van der Waals surface area contributed by atoms with Crippen LogP contribution in [-0.4, -0.2) is 36.5 Å². The average Bonchev–Trinajstić information content (AvgIpc) is 2.97. The third-order valence-corrected chi connectivity index (χ3v) is 4.37. The highest BCUT2D eigenvalue weighted by Gasteiger charge is 2.44. The number of hydrogen-bond donors (Lipinski definition) is 0. The lowest BCUT2D eigenvalue weighted by Crippen LogP contribution is -2.41. The minimum absolute atomic E-state index is 0.108. The summed E-state index contributed by atoms with van der Waals surface area (Å²) in [5, 5.41) is 0. The number of amides is 1. The van der Waals surface area contributed by atoms with Crippen LogP contribution < -0.4 is 0 Å². The maximum atomic E-state index is 12.4. The third-order valence-electron chi connectivity index (χ3n) is 4.37. The number of rotatable bonds is 5. The van der Waals surface area contributed by atoms with E-state index < -0.39 is 0 Å². The Morgan fingerprint density at radius 1 is 1.22 bits per heavy atom. The lowest BCUT2D eigenvalue weighted by Gasteiger charge is -2.27. The monoisotopic (exact) mass is 253 g/mol.